The standard InChI is InChI=1S/C22H26N2O3.C2H6/c1-2-3-17-4-7-19(8-5-17)22(25)24-12-10-23(11-13-24)15-18-6-9-20-21(14-18)27-16-26-20;1-2/h4-9,14H,2-3,10-13,15-16H2,1H3;1-2H3. The van der Waals surface area contributed by atoms with E-state index in [0.717, 1.165) is 62.6 Å². The number of hydrogen-bond donors (Lipinski definition) is 0. The fraction of sp³-hybridized carbons (Fsp3) is 0.458. The van der Waals surface area contributed by atoms with Crippen LogP contribution in [-0.2, 0) is 13.0 Å². The van der Waals surface area contributed by atoms with Crippen LogP contribution in [0.25, 0.3) is 0 Å². The average molecular weight is 397 g/mol. The molecule has 0 unspecified atom stereocenters. The predicted octanol–water partition coefficient (Wildman–Crippen LogP) is 4.35. The van der Waals surface area contributed by atoms with Crippen molar-refractivity contribution in [1.82, 2.24) is 9.80 Å². The third-order valence-electron chi connectivity index (χ3n) is 5.24. The lowest BCUT2D eigenvalue weighted by molar-refractivity contribution is 0.0628. The summed E-state index contributed by atoms with van der Waals surface area (Å²) >= 11 is 0. The number of aryl methyl sites for hydroxylation is 1. The molecule has 1 fully saturated rings. The Bertz CT molecular complexity index is 796. The maximum absolute atomic E-state index is 12.7. The van der Waals surface area contributed by atoms with E-state index in [-0.39, 0.29) is 5.91 Å². The highest BCUT2D eigenvalue weighted by Crippen LogP contribution is 2.32. The van der Waals surface area contributed by atoms with Gasteiger partial charge in [-0.2, -0.15) is 0 Å². The van der Waals surface area contributed by atoms with Crippen LogP contribution in [0.4, 0.5) is 0 Å². The van der Waals surface area contributed by atoms with Crippen molar-refractivity contribution in [3.8, 4) is 11.5 Å². The zero-order valence-electron chi connectivity index (χ0n) is 17.8. The van der Waals surface area contributed by atoms with Crippen LogP contribution in [0, 0.1) is 0 Å². The van der Waals surface area contributed by atoms with Crippen LogP contribution in [0.2, 0.25) is 0 Å². The van der Waals surface area contributed by atoms with E-state index in [1.54, 1.807) is 0 Å². The van der Waals surface area contributed by atoms with Crippen LogP contribution in [-0.4, -0.2) is 48.7 Å². The average Bonchev–Trinajstić information content (AvgIpc) is 3.24. The number of piperazine rings is 1. The monoisotopic (exact) mass is 396 g/mol. The van der Waals surface area contributed by atoms with Gasteiger partial charge in [0.1, 0.15) is 0 Å². The van der Waals surface area contributed by atoms with Crippen molar-refractivity contribution < 1.29 is 14.3 Å². The largest absolute Gasteiger partial charge is 0.454 e. The molecule has 29 heavy (non-hydrogen) atoms. The summed E-state index contributed by atoms with van der Waals surface area (Å²) in [6.45, 7) is 10.6. The van der Waals surface area contributed by atoms with Gasteiger partial charge >= 0.3 is 0 Å². The van der Waals surface area contributed by atoms with Crippen molar-refractivity contribution in [3.05, 3.63) is 59.2 Å². The van der Waals surface area contributed by atoms with Gasteiger partial charge in [0.05, 0.1) is 0 Å². The minimum atomic E-state index is 0.140. The maximum atomic E-state index is 12.7. The summed E-state index contributed by atoms with van der Waals surface area (Å²) in [5.41, 5.74) is 3.30. The zero-order chi connectivity index (χ0) is 20.6. The number of rotatable bonds is 5. The van der Waals surface area contributed by atoms with Crippen molar-refractivity contribution in [2.75, 3.05) is 33.0 Å². The topological polar surface area (TPSA) is 42.0 Å². The molecule has 0 atom stereocenters. The number of hydrogen-bond acceptors (Lipinski definition) is 4. The van der Waals surface area contributed by atoms with E-state index in [9.17, 15) is 4.79 Å². The van der Waals surface area contributed by atoms with Gasteiger partial charge in [0, 0.05) is 38.3 Å². The van der Waals surface area contributed by atoms with Crippen molar-refractivity contribution in [2.45, 2.75) is 40.2 Å². The lowest BCUT2D eigenvalue weighted by atomic mass is 10.1. The molecule has 2 aliphatic rings. The van der Waals surface area contributed by atoms with E-state index in [1.165, 1.54) is 11.1 Å². The highest BCUT2D eigenvalue weighted by atomic mass is 16.7. The minimum absolute atomic E-state index is 0.140. The molecule has 2 aliphatic heterocycles. The summed E-state index contributed by atoms with van der Waals surface area (Å²) in [5, 5.41) is 0. The molecule has 2 aromatic rings. The first-order valence-corrected chi connectivity index (χ1v) is 10.7. The molecular weight excluding hydrogens is 364 g/mol. The summed E-state index contributed by atoms with van der Waals surface area (Å²) in [4.78, 5) is 17.1. The zero-order valence-corrected chi connectivity index (χ0v) is 17.8. The molecule has 5 heteroatoms. The van der Waals surface area contributed by atoms with Crippen LogP contribution in [0.1, 0.15) is 48.7 Å². The molecule has 0 aliphatic carbocycles. The summed E-state index contributed by atoms with van der Waals surface area (Å²) in [6.07, 6.45) is 2.19. The number of carbonyl (C=O) groups excluding carboxylic acids is 1. The molecule has 0 aromatic heterocycles. The van der Waals surface area contributed by atoms with Gasteiger partial charge in [0.15, 0.2) is 11.5 Å². The third-order valence-corrected chi connectivity index (χ3v) is 5.24. The Morgan fingerprint density at radius 1 is 0.897 bits per heavy atom. The number of ether oxygens (including phenoxy) is 2. The number of carbonyl (C=O) groups is 1. The number of amides is 1. The van der Waals surface area contributed by atoms with Gasteiger partial charge in [0.25, 0.3) is 5.91 Å². The van der Waals surface area contributed by atoms with Gasteiger partial charge < -0.3 is 14.4 Å². The van der Waals surface area contributed by atoms with Gasteiger partial charge in [-0.25, -0.2) is 0 Å². The summed E-state index contributed by atoms with van der Waals surface area (Å²) in [5.74, 6) is 1.78. The second-order valence-electron chi connectivity index (χ2n) is 7.20. The molecule has 2 aromatic carbocycles. The third kappa shape index (κ3) is 5.30. The number of nitrogens with zero attached hydrogens (tertiary/aromatic N) is 2. The Kier molecular flexibility index (Phi) is 7.53. The quantitative estimate of drug-likeness (QED) is 0.753. The molecule has 4 rings (SSSR count). The van der Waals surface area contributed by atoms with E-state index in [1.807, 2.05) is 36.9 Å². The number of benzene rings is 2. The van der Waals surface area contributed by atoms with Crippen molar-refractivity contribution in [3.63, 3.8) is 0 Å². The Balaban J connectivity index is 0.00000117. The van der Waals surface area contributed by atoms with E-state index in [2.05, 4.69) is 36.1 Å². The summed E-state index contributed by atoms with van der Waals surface area (Å²) < 4.78 is 10.8. The molecule has 0 bridgehead atoms. The summed E-state index contributed by atoms with van der Waals surface area (Å²) in [7, 11) is 0. The van der Waals surface area contributed by atoms with E-state index < -0.39 is 0 Å². The SMILES string of the molecule is CC.CCCc1ccc(C(=O)N2CCN(Cc3ccc4c(c3)OCO4)CC2)cc1. The van der Waals surface area contributed by atoms with Gasteiger partial charge in [-0.1, -0.05) is 45.4 Å². The molecule has 0 N–H and O–H groups in total. The normalized spacial score (nSPS) is 15.6. The van der Waals surface area contributed by atoms with Crippen LogP contribution in [0.5, 0.6) is 11.5 Å². The molecular formula is C24H32N2O3. The first-order valence-electron chi connectivity index (χ1n) is 10.7. The highest BCUT2D eigenvalue weighted by molar-refractivity contribution is 5.94. The van der Waals surface area contributed by atoms with Crippen molar-refractivity contribution in [1.29, 1.82) is 0 Å². The predicted molar refractivity (Wildman–Crippen MR) is 116 cm³/mol. The molecule has 0 spiro atoms. The first-order chi connectivity index (χ1) is 14.2. The lowest BCUT2D eigenvalue weighted by Gasteiger charge is -2.34. The lowest BCUT2D eigenvalue weighted by Crippen LogP contribution is -2.48. The van der Waals surface area contributed by atoms with Crippen LogP contribution < -0.4 is 9.47 Å². The second-order valence-corrected chi connectivity index (χ2v) is 7.20. The molecule has 5 nitrogen and oxygen atoms in total. The Morgan fingerprint density at radius 3 is 2.24 bits per heavy atom. The molecule has 0 radical (unpaired) electrons. The minimum Gasteiger partial charge on any atom is -0.454 e. The molecule has 1 saturated heterocycles. The summed E-state index contributed by atoms with van der Waals surface area (Å²) in [6, 6.07) is 14.2. The molecule has 2 heterocycles. The fourth-order valence-corrected chi connectivity index (χ4v) is 3.69. The molecule has 0 saturated carbocycles. The Morgan fingerprint density at radius 2 is 1.55 bits per heavy atom. The molecule has 1 amide bonds. The second kappa shape index (κ2) is 10.3. The van der Waals surface area contributed by atoms with Crippen LogP contribution in [0.3, 0.4) is 0 Å². The Hall–Kier alpha value is -2.53. The van der Waals surface area contributed by atoms with Gasteiger partial charge in [-0.3, -0.25) is 9.69 Å². The number of fused-ring (bicyclic) bond motifs is 1. The van der Waals surface area contributed by atoms with Crippen LogP contribution in [0.15, 0.2) is 42.5 Å². The van der Waals surface area contributed by atoms with Crippen molar-refractivity contribution in [2.24, 2.45) is 0 Å². The van der Waals surface area contributed by atoms with E-state index >= 15 is 0 Å². The Labute approximate surface area is 174 Å². The van der Waals surface area contributed by atoms with Gasteiger partial charge in [-0.15, -0.1) is 0 Å². The molecule has 156 valence electrons. The van der Waals surface area contributed by atoms with E-state index in [4.69, 9.17) is 9.47 Å². The van der Waals surface area contributed by atoms with Gasteiger partial charge in [-0.05, 0) is 41.8 Å². The smallest absolute Gasteiger partial charge is 0.253 e. The van der Waals surface area contributed by atoms with E-state index in [0.29, 0.717) is 6.79 Å². The highest BCUT2D eigenvalue weighted by Gasteiger charge is 2.22. The van der Waals surface area contributed by atoms with Crippen LogP contribution >= 0.6 is 0 Å². The first kappa shape index (κ1) is 21.2. The van der Waals surface area contributed by atoms with Gasteiger partial charge in [0.2, 0.25) is 6.79 Å². The maximum Gasteiger partial charge on any atom is 0.253 e. The van der Waals surface area contributed by atoms with Crippen molar-refractivity contribution >= 4 is 5.91 Å². The fourth-order valence-electron chi connectivity index (χ4n) is 3.69.